The summed E-state index contributed by atoms with van der Waals surface area (Å²) >= 11 is 0. The molecule has 30 heavy (non-hydrogen) atoms. The Morgan fingerprint density at radius 1 is 1.07 bits per heavy atom. The summed E-state index contributed by atoms with van der Waals surface area (Å²) in [5.41, 5.74) is 1.99. The summed E-state index contributed by atoms with van der Waals surface area (Å²) in [5.74, 6) is 0.633. The van der Waals surface area contributed by atoms with Gasteiger partial charge in [-0.2, -0.15) is 0 Å². The van der Waals surface area contributed by atoms with Crippen LogP contribution in [0.15, 0.2) is 60.7 Å². The number of piperidine rings is 1. The van der Waals surface area contributed by atoms with E-state index >= 15 is 0 Å². The Balaban J connectivity index is 1.63. The average molecular weight is 404 g/mol. The Kier molecular flexibility index (Phi) is 6.03. The number of amides is 1. The smallest absolute Gasteiger partial charge is 0.231 e. The van der Waals surface area contributed by atoms with Gasteiger partial charge in [-0.15, -0.1) is 0 Å². The lowest BCUT2D eigenvalue weighted by atomic mass is 9.63. The molecule has 1 amide bonds. The minimum Gasteiger partial charge on any atom is -0.497 e. The third-order valence-corrected chi connectivity index (χ3v) is 6.64. The Bertz CT molecular complexity index is 919. The number of carbonyl (C=O) groups is 2. The first-order valence-electron chi connectivity index (χ1n) is 10.8. The maximum atomic E-state index is 13.3. The predicted octanol–water partition coefficient (Wildman–Crippen LogP) is 4.61. The van der Waals surface area contributed by atoms with Crippen molar-refractivity contribution in [2.45, 2.75) is 38.1 Å². The molecule has 4 heteroatoms. The zero-order chi connectivity index (χ0) is 21.1. The van der Waals surface area contributed by atoms with Gasteiger partial charge in [0, 0.05) is 12.0 Å². The predicted molar refractivity (Wildman–Crippen MR) is 118 cm³/mol. The van der Waals surface area contributed by atoms with Crippen LogP contribution < -0.4 is 10.1 Å². The SMILES string of the molecule is COc1ccc(/C=C/C(=O)C2C(=O)NC3CCC(C)CC3C2c2ccccc2)cc1. The molecule has 2 aromatic rings. The normalized spacial score (nSPS) is 28.6. The van der Waals surface area contributed by atoms with Gasteiger partial charge in [-0.25, -0.2) is 0 Å². The van der Waals surface area contributed by atoms with Crippen LogP contribution in [0.3, 0.4) is 0 Å². The number of allylic oxidation sites excluding steroid dienone is 1. The highest BCUT2D eigenvalue weighted by atomic mass is 16.5. The number of hydrogen-bond acceptors (Lipinski definition) is 3. The second-order valence-corrected chi connectivity index (χ2v) is 8.62. The number of hydrogen-bond donors (Lipinski definition) is 1. The molecule has 156 valence electrons. The van der Waals surface area contributed by atoms with E-state index in [1.165, 1.54) is 0 Å². The molecule has 5 atom stereocenters. The van der Waals surface area contributed by atoms with E-state index < -0.39 is 5.92 Å². The summed E-state index contributed by atoms with van der Waals surface area (Å²) in [6, 6.07) is 17.8. The van der Waals surface area contributed by atoms with E-state index in [-0.39, 0.29) is 29.6 Å². The number of nitrogens with one attached hydrogen (secondary N) is 1. The third kappa shape index (κ3) is 4.18. The molecule has 1 saturated heterocycles. The molecule has 1 saturated carbocycles. The summed E-state index contributed by atoms with van der Waals surface area (Å²) in [7, 11) is 1.62. The fourth-order valence-corrected chi connectivity index (χ4v) is 5.10. The van der Waals surface area contributed by atoms with Crippen molar-refractivity contribution in [2.75, 3.05) is 7.11 Å². The van der Waals surface area contributed by atoms with Gasteiger partial charge >= 0.3 is 0 Å². The van der Waals surface area contributed by atoms with Crippen molar-refractivity contribution in [1.82, 2.24) is 5.32 Å². The second kappa shape index (κ2) is 8.86. The molecule has 4 nitrogen and oxygen atoms in total. The van der Waals surface area contributed by atoms with Gasteiger partial charge in [-0.3, -0.25) is 9.59 Å². The molecule has 2 aromatic carbocycles. The van der Waals surface area contributed by atoms with E-state index in [9.17, 15) is 9.59 Å². The second-order valence-electron chi connectivity index (χ2n) is 8.62. The number of benzene rings is 2. The first-order chi connectivity index (χ1) is 14.6. The van der Waals surface area contributed by atoms with Gasteiger partial charge in [0.1, 0.15) is 11.7 Å². The van der Waals surface area contributed by atoms with Crippen molar-refractivity contribution < 1.29 is 14.3 Å². The number of carbonyl (C=O) groups excluding carboxylic acids is 2. The standard InChI is InChI=1S/C26H29NO3/c1-17-8-14-22-21(16-17)24(19-6-4-3-5-7-19)25(26(29)27-22)23(28)15-11-18-9-12-20(30-2)13-10-18/h3-7,9-13,15,17,21-22,24-25H,8,14,16H2,1-2H3,(H,27,29)/b15-11+. The summed E-state index contributed by atoms with van der Waals surface area (Å²) in [5, 5.41) is 3.17. The summed E-state index contributed by atoms with van der Waals surface area (Å²) in [4.78, 5) is 26.3. The van der Waals surface area contributed by atoms with Crippen molar-refractivity contribution in [3.63, 3.8) is 0 Å². The number of ketones is 1. The largest absolute Gasteiger partial charge is 0.497 e. The molecule has 1 aliphatic heterocycles. The zero-order valence-corrected chi connectivity index (χ0v) is 17.6. The van der Waals surface area contributed by atoms with Gasteiger partial charge in [0.15, 0.2) is 5.78 Å². The van der Waals surface area contributed by atoms with Gasteiger partial charge in [0.2, 0.25) is 5.91 Å². The first kappa shape index (κ1) is 20.4. The van der Waals surface area contributed by atoms with E-state index in [1.807, 2.05) is 42.5 Å². The minimum atomic E-state index is -0.687. The first-order valence-corrected chi connectivity index (χ1v) is 10.8. The molecule has 0 bridgehead atoms. The van der Waals surface area contributed by atoms with Crippen molar-refractivity contribution in [3.05, 3.63) is 71.8 Å². The quantitative estimate of drug-likeness (QED) is 0.586. The Morgan fingerprint density at radius 3 is 2.50 bits per heavy atom. The minimum absolute atomic E-state index is 0.0827. The van der Waals surface area contributed by atoms with Crippen LogP contribution in [0.1, 0.15) is 43.2 Å². The van der Waals surface area contributed by atoms with Crippen LogP contribution in [0.4, 0.5) is 0 Å². The summed E-state index contributed by atoms with van der Waals surface area (Å²) < 4.78 is 5.18. The van der Waals surface area contributed by atoms with Crippen LogP contribution in [-0.2, 0) is 9.59 Å². The van der Waals surface area contributed by atoms with Gasteiger partial charge in [0.05, 0.1) is 7.11 Å². The molecule has 2 fully saturated rings. The van der Waals surface area contributed by atoms with E-state index in [2.05, 4.69) is 24.4 Å². The molecular formula is C26H29NO3. The van der Waals surface area contributed by atoms with E-state index in [0.717, 1.165) is 36.1 Å². The highest BCUT2D eigenvalue weighted by Gasteiger charge is 2.48. The summed E-state index contributed by atoms with van der Waals surface area (Å²) in [6.07, 6.45) is 6.50. The van der Waals surface area contributed by atoms with Crippen LogP contribution >= 0.6 is 0 Å². The van der Waals surface area contributed by atoms with Crippen molar-refractivity contribution >= 4 is 17.8 Å². The molecule has 0 radical (unpaired) electrons. The Morgan fingerprint density at radius 2 is 1.80 bits per heavy atom. The van der Waals surface area contributed by atoms with Gasteiger partial charge in [0.25, 0.3) is 0 Å². The lowest BCUT2D eigenvalue weighted by molar-refractivity contribution is -0.138. The molecule has 4 rings (SSSR count). The average Bonchev–Trinajstić information content (AvgIpc) is 2.78. The molecule has 0 aromatic heterocycles. The Labute approximate surface area is 178 Å². The molecule has 2 aliphatic rings. The molecule has 0 spiro atoms. The molecular weight excluding hydrogens is 374 g/mol. The maximum Gasteiger partial charge on any atom is 0.231 e. The molecule has 1 heterocycles. The van der Waals surface area contributed by atoms with Crippen LogP contribution in [-0.4, -0.2) is 24.8 Å². The van der Waals surface area contributed by atoms with Gasteiger partial charge in [-0.05, 0) is 60.4 Å². The van der Waals surface area contributed by atoms with E-state index in [4.69, 9.17) is 4.74 Å². The highest BCUT2D eigenvalue weighted by molar-refractivity contribution is 6.09. The zero-order valence-electron chi connectivity index (χ0n) is 17.6. The fraction of sp³-hybridized carbons (Fsp3) is 0.385. The van der Waals surface area contributed by atoms with Crippen molar-refractivity contribution in [2.24, 2.45) is 17.8 Å². The number of rotatable bonds is 5. The van der Waals surface area contributed by atoms with Crippen molar-refractivity contribution in [3.8, 4) is 5.75 Å². The molecule has 1 N–H and O–H groups in total. The van der Waals surface area contributed by atoms with Crippen molar-refractivity contribution in [1.29, 1.82) is 0 Å². The molecule has 1 aliphatic carbocycles. The van der Waals surface area contributed by atoms with Crippen LogP contribution in [0.5, 0.6) is 5.75 Å². The van der Waals surface area contributed by atoms with Crippen LogP contribution in [0.2, 0.25) is 0 Å². The topological polar surface area (TPSA) is 55.4 Å². The maximum absolute atomic E-state index is 13.3. The molecule has 5 unspecified atom stereocenters. The van der Waals surface area contributed by atoms with Gasteiger partial charge in [-0.1, -0.05) is 55.5 Å². The number of ether oxygens (including phenoxy) is 1. The van der Waals surface area contributed by atoms with Gasteiger partial charge < -0.3 is 10.1 Å². The monoisotopic (exact) mass is 403 g/mol. The Hall–Kier alpha value is -2.88. The fourth-order valence-electron chi connectivity index (χ4n) is 5.10. The number of methoxy groups -OCH3 is 1. The van der Waals surface area contributed by atoms with Crippen LogP contribution in [0, 0.1) is 17.8 Å². The van der Waals surface area contributed by atoms with E-state index in [1.54, 1.807) is 19.3 Å². The summed E-state index contributed by atoms with van der Waals surface area (Å²) in [6.45, 7) is 2.27. The third-order valence-electron chi connectivity index (χ3n) is 6.64. The highest BCUT2D eigenvalue weighted by Crippen LogP contribution is 2.45. The van der Waals surface area contributed by atoms with Crippen LogP contribution in [0.25, 0.3) is 6.08 Å². The number of fused-ring (bicyclic) bond motifs is 1. The van der Waals surface area contributed by atoms with E-state index in [0.29, 0.717) is 5.92 Å². The lowest BCUT2D eigenvalue weighted by Crippen LogP contribution is -2.57. The lowest BCUT2D eigenvalue weighted by Gasteiger charge is -2.46.